The van der Waals surface area contributed by atoms with Crippen LogP contribution in [0.3, 0.4) is 0 Å². The van der Waals surface area contributed by atoms with Crippen molar-refractivity contribution in [2.45, 2.75) is 23.9 Å². The van der Waals surface area contributed by atoms with E-state index in [1.54, 1.807) is 0 Å². The molecule has 0 amide bonds. The van der Waals surface area contributed by atoms with E-state index in [0.717, 1.165) is 16.2 Å². The molecule has 3 aliphatic rings. The van der Waals surface area contributed by atoms with E-state index in [-0.39, 0.29) is 11.8 Å². The summed E-state index contributed by atoms with van der Waals surface area (Å²) in [6.07, 6.45) is 0. The van der Waals surface area contributed by atoms with Crippen molar-refractivity contribution in [1.82, 2.24) is 0 Å². The fraction of sp³-hybridized carbons (Fsp3) is 0.133. The van der Waals surface area contributed by atoms with Gasteiger partial charge in [0.25, 0.3) is 0 Å². The highest BCUT2D eigenvalue weighted by Gasteiger charge is 2.61. The van der Waals surface area contributed by atoms with Crippen LogP contribution in [0, 0.1) is 0 Å². The molecular formula is C30H25OP. The predicted octanol–water partition coefficient (Wildman–Crippen LogP) is 6.61. The molecule has 0 aliphatic heterocycles. The second kappa shape index (κ2) is 6.92. The van der Waals surface area contributed by atoms with Crippen LogP contribution < -0.4 is 10.6 Å². The summed E-state index contributed by atoms with van der Waals surface area (Å²) >= 11 is 0. The van der Waals surface area contributed by atoms with Gasteiger partial charge >= 0.3 is 0 Å². The van der Waals surface area contributed by atoms with Crippen LogP contribution in [-0.2, 0) is 4.57 Å². The van der Waals surface area contributed by atoms with Gasteiger partial charge in [0.05, 0.1) is 5.16 Å². The van der Waals surface area contributed by atoms with Gasteiger partial charge < -0.3 is 4.57 Å². The van der Waals surface area contributed by atoms with Gasteiger partial charge in [0.1, 0.15) is 0 Å². The summed E-state index contributed by atoms with van der Waals surface area (Å²) in [6.45, 7) is 6.90. The molecule has 0 saturated heterocycles. The third-order valence-corrected chi connectivity index (χ3v) is 11.6. The lowest BCUT2D eigenvalue weighted by atomic mass is 9.57. The molecule has 0 aromatic heterocycles. The Morgan fingerprint density at radius 1 is 0.625 bits per heavy atom. The third kappa shape index (κ3) is 2.32. The van der Waals surface area contributed by atoms with Crippen molar-refractivity contribution in [2.75, 3.05) is 0 Å². The number of hydrogen-bond donors (Lipinski definition) is 0. The molecule has 2 bridgehead atoms. The van der Waals surface area contributed by atoms with E-state index in [2.05, 4.69) is 55.5 Å². The highest BCUT2D eigenvalue weighted by atomic mass is 31.2. The molecule has 0 unspecified atom stereocenters. The Hall–Kier alpha value is -3.15. The van der Waals surface area contributed by atoms with Gasteiger partial charge in [-0.3, -0.25) is 0 Å². The average Bonchev–Trinajstić information content (AvgIpc) is 2.86. The Labute approximate surface area is 189 Å². The zero-order valence-electron chi connectivity index (χ0n) is 18.1. The summed E-state index contributed by atoms with van der Waals surface area (Å²) in [5.41, 5.74) is 6.27. The molecule has 2 heteroatoms. The molecule has 4 aromatic carbocycles. The quantitative estimate of drug-likeness (QED) is 0.263. The molecular weight excluding hydrogens is 407 g/mol. The zero-order chi connectivity index (χ0) is 21.9. The molecule has 0 saturated carbocycles. The predicted molar refractivity (Wildman–Crippen MR) is 134 cm³/mol. The molecule has 4 aromatic rings. The first-order valence-electron chi connectivity index (χ1n) is 11.2. The number of rotatable bonds is 3. The molecule has 3 aliphatic carbocycles. The number of allylic oxidation sites excluding steroid dienone is 1. The summed E-state index contributed by atoms with van der Waals surface area (Å²) in [7, 11) is -3.12. The van der Waals surface area contributed by atoms with Crippen molar-refractivity contribution < 1.29 is 4.57 Å². The number of benzene rings is 4. The highest BCUT2D eigenvalue weighted by molar-refractivity contribution is 7.80. The van der Waals surface area contributed by atoms with Crippen LogP contribution in [0.5, 0.6) is 0 Å². The zero-order valence-corrected chi connectivity index (χ0v) is 19.0. The van der Waals surface area contributed by atoms with Gasteiger partial charge in [-0.2, -0.15) is 0 Å². The first-order valence-corrected chi connectivity index (χ1v) is 12.9. The van der Waals surface area contributed by atoms with Crippen molar-refractivity contribution in [2.24, 2.45) is 0 Å². The van der Waals surface area contributed by atoms with Crippen LogP contribution in [0.4, 0.5) is 0 Å². The van der Waals surface area contributed by atoms with E-state index in [9.17, 15) is 0 Å². The topological polar surface area (TPSA) is 17.1 Å². The molecule has 1 atom stereocenters. The maximum absolute atomic E-state index is 15.7. The van der Waals surface area contributed by atoms with Crippen molar-refractivity contribution in [3.8, 4) is 0 Å². The first kappa shape index (κ1) is 19.5. The molecule has 0 fully saturated rings. The maximum Gasteiger partial charge on any atom is 0.153 e. The van der Waals surface area contributed by atoms with E-state index in [0.29, 0.717) is 0 Å². The average molecular weight is 433 g/mol. The minimum absolute atomic E-state index is 0.0151. The molecule has 156 valence electrons. The Morgan fingerprint density at radius 3 is 1.44 bits per heavy atom. The van der Waals surface area contributed by atoms with Crippen molar-refractivity contribution in [1.29, 1.82) is 0 Å². The van der Waals surface area contributed by atoms with E-state index in [1.165, 1.54) is 22.3 Å². The van der Waals surface area contributed by atoms with E-state index in [1.807, 2.05) is 60.7 Å². The van der Waals surface area contributed by atoms with Gasteiger partial charge in [0.15, 0.2) is 7.14 Å². The standard InChI is InChI=1S/C30H25OP/c1-21-28-24-17-9-11-19-26(24)29(27-20-12-10-18-25(27)28)30(21,2)32(31,22-13-5-3-6-14-22)23-15-7-4-8-16-23/h3-20,28-29H,1H2,2H3/t28?,29?,30-/m1/s1. The Kier molecular flexibility index (Phi) is 4.23. The second-order valence-electron chi connectivity index (χ2n) is 9.08. The van der Waals surface area contributed by atoms with Gasteiger partial charge in [-0.25, -0.2) is 0 Å². The lowest BCUT2D eigenvalue weighted by Crippen LogP contribution is -2.50. The van der Waals surface area contributed by atoms with Crippen LogP contribution in [-0.4, -0.2) is 5.16 Å². The van der Waals surface area contributed by atoms with Crippen LogP contribution in [0.15, 0.2) is 121 Å². The van der Waals surface area contributed by atoms with Crippen LogP contribution in [0.25, 0.3) is 0 Å². The lowest BCUT2D eigenvalue weighted by Gasteiger charge is -2.56. The van der Waals surface area contributed by atoms with Gasteiger partial charge in [0.2, 0.25) is 0 Å². The minimum Gasteiger partial charge on any atom is -0.313 e. The van der Waals surface area contributed by atoms with Crippen LogP contribution in [0.2, 0.25) is 0 Å². The van der Waals surface area contributed by atoms with Gasteiger partial charge in [0, 0.05) is 22.4 Å². The minimum atomic E-state index is -3.12. The van der Waals surface area contributed by atoms with Gasteiger partial charge in [-0.1, -0.05) is 121 Å². The first-order chi connectivity index (χ1) is 15.6. The molecule has 0 spiro atoms. The van der Waals surface area contributed by atoms with Gasteiger partial charge in [-0.15, -0.1) is 0 Å². The summed E-state index contributed by atoms with van der Waals surface area (Å²) < 4.78 is 15.7. The van der Waals surface area contributed by atoms with E-state index in [4.69, 9.17) is 6.58 Å². The molecule has 0 radical (unpaired) electrons. The summed E-state index contributed by atoms with van der Waals surface area (Å²) in [5.74, 6) is 0.0387. The van der Waals surface area contributed by atoms with E-state index < -0.39 is 12.3 Å². The van der Waals surface area contributed by atoms with Crippen molar-refractivity contribution >= 4 is 17.8 Å². The summed E-state index contributed by atoms with van der Waals surface area (Å²) in [4.78, 5) is 0. The third-order valence-electron chi connectivity index (χ3n) is 7.69. The largest absolute Gasteiger partial charge is 0.313 e. The second-order valence-corrected chi connectivity index (χ2v) is 12.3. The number of fused-ring (bicyclic) bond motifs is 1. The SMILES string of the molecule is C=C1C2c3ccccc3C(c3ccccc32)[C@]1(C)P(=O)(c1ccccc1)c1ccccc1. The Balaban J connectivity index is 1.73. The maximum atomic E-state index is 15.7. The fourth-order valence-corrected chi connectivity index (χ4v) is 9.94. The molecule has 0 N–H and O–H groups in total. The van der Waals surface area contributed by atoms with Crippen molar-refractivity contribution in [3.05, 3.63) is 144 Å². The van der Waals surface area contributed by atoms with Crippen LogP contribution >= 0.6 is 7.14 Å². The summed E-state index contributed by atoms with van der Waals surface area (Å²) in [5, 5.41) is 1.16. The molecule has 32 heavy (non-hydrogen) atoms. The molecule has 0 heterocycles. The fourth-order valence-electron chi connectivity index (χ4n) is 6.21. The normalized spacial score (nSPS) is 23.5. The lowest BCUT2D eigenvalue weighted by molar-refractivity contribution is 0.491. The Bertz CT molecular complexity index is 1300. The Morgan fingerprint density at radius 2 is 1.00 bits per heavy atom. The molecule has 7 rings (SSSR count). The van der Waals surface area contributed by atoms with E-state index >= 15 is 4.57 Å². The summed E-state index contributed by atoms with van der Waals surface area (Å²) in [6, 6.07) is 37.5. The monoisotopic (exact) mass is 432 g/mol. The number of hydrogen-bond acceptors (Lipinski definition) is 1. The molecule has 1 nitrogen and oxygen atoms in total. The smallest absolute Gasteiger partial charge is 0.153 e. The highest BCUT2D eigenvalue weighted by Crippen LogP contribution is 2.73. The van der Waals surface area contributed by atoms with Crippen molar-refractivity contribution in [3.63, 3.8) is 0 Å². The van der Waals surface area contributed by atoms with Crippen LogP contribution in [0.1, 0.15) is 41.0 Å². The van der Waals surface area contributed by atoms with Gasteiger partial charge in [-0.05, 0) is 29.2 Å².